The molecule has 3 heteroatoms. The van der Waals surface area contributed by atoms with Crippen molar-refractivity contribution in [3.05, 3.63) is 28.2 Å². The number of hydrogen-bond donors (Lipinski definition) is 1. The van der Waals surface area contributed by atoms with Crippen molar-refractivity contribution < 1.29 is 0 Å². The first-order chi connectivity index (χ1) is 10.0. The molecule has 21 heavy (non-hydrogen) atoms. The van der Waals surface area contributed by atoms with Crippen LogP contribution in [0.4, 0.5) is 5.69 Å². The first-order valence-corrected chi connectivity index (χ1v) is 9.13. The van der Waals surface area contributed by atoms with Gasteiger partial charge < -0.3 is 10.6 Å². The molecule has 1 unspecified atom stereocenters. The minimum Gasteiger partial charge on any atom is -0.372 e. The van der Waals surface area contributed by atoms with Crippen LogP contribution in [0.2, 0.25) is 0 Å². The Morgan fingerprint density at radius 2 is 1.76 bits per heavy atom. The van der Waals surface area contributed by atoms with Crippen LogP contribution < -0.4 is 10.6 Å². The van der Waals surface area contributed by atoms with Crippen LogP contribution in [0.25, 0.3) is 0 Å². The van der Waals surface area contributed by atoms with Crippen LogP contribution in [0.15, 0.2) is 22.7 Å². The van der Waals surface area contributed by atoms with Gasteiger partial charge in [0.25, 0.3) is 0 Å². The van der Waals surface area contributed by atoms with Crippen molar-refractivity contribution >= 4 is 21.6 Å². The molecule has 0 radical (unpaired) electrons. The molecular weight excluding hydrogens is 324 g/mol. The van der Waals surface area contributed by atoms with Gasteiger partial charge in [-0.05, 0) is 43.4 Å². The number of nitrogens with two attached hydrogens (primary N) is 1. The van der Waals surface area contributed by atoms with Crippen LogP contribution in [-0.2, 0) is 6.42 Å². The van der Waals surface area contributed by atoms with Crippen molar-refractivity contribution in [2.24, 2.45) is 11.7 Å². The lowest BCUT2D eigenvalue weighted by atomic mass is 10.0. The lowest BCUT2D eigenvalue weighted by Gasteiger charge is -2.28. The third-order valence-corrected chi connectivity index (χ3v) is 5.16. The Balaban J connectivity index is 2.84. The molecule has 0 spiro atoms. The molecular formula is C18H31BrN2. The van der Waals surface area contributed by atoms with Crippen LogP contribution in [0.3, 0.4) is 0 Å². The minimum atomic E-state index is 0.249. The van der Waals surface area contributed by atoms with Crippen LogP contribution >= 0.6 is 15.9 Å². The van der Waals surface area contributed by atoms with Crippen molar-refractivity contribution in [2.75, 3.05) is 18.0 Å². The molecule has 0 fully saturated rings. The van der Waals surface area contributed by atoms with Gasteiger partial charge in [-0.2, -0.15) is 0 Å². The van der Waals surface area contributed by atoms with Crippen LogP contribution in [0.5, 0.6) is 0 Å². The molecule has 0 aliphatic carbocycles. The van der Waals surface area contributed by atoms with Gasteiger partial charge in [-0.25, -0.2) is 0 Å². The Bertz CT molecular complexity index is 416. The standard InChI is InChI=1S/C18H31BrN2/c1-5-14(6-2)13-21(8-4)17-10-9-15(18(19)12-17)11-16(20)7-3/h9-10,12,14,16H,5-8,11,13,20H2,1-4H3. The molecule has 0 aromatic heterocycles. The zero-order chi connectivity index (χ0) is 15.8. The first kappa shape index (κ1) is 18.5. The predicted octanol–water partition coefficient (Wildman–Crippen LogP) is 4.99. The second kappa shape index (κ2) is 9.47. The lowest BCUT2D eigenvalue weighted by molar-refractivity contribution is 0.486. The number of benzene rings is 1. The second-order valence-corrected chi connectivity index (χ2v) is 6.72. The lowest BCUT2D eigenvalue weighted by Crippen LogP contribution is -2.29. The van der Waals surface area contributed by atoms with Gasteiger partial charge in [0.15, 0.2) is 0 Å². The predicted molar refractivity (Wildman–Crippen MR) is 98.1 cm³/mol. The molecule has 1 rings (SSSR count). The van der Waals surface area contributed by atoms with E-state index < -0.39 is 0 Å². The van der Waals surface area contributed by atoms with E-state index in [9.17, 15) is 0 Å². The highest BCUT2D eigenvalue weighted by Crippen LogP contribution is 2.26. The number of nitrogens with zero attached hydrogens (tertiary/aromatic N) is 1. The largest absolute Gasteiger partial charge is 0.372 e. The highest BCUT2D eigenvalue weighted by molar-refractivity contribution is 9.10. The van der Waals surface area contributed by atoms with Gasteiger partial charge in [-0.3, -0.25) is 0 Å². The van der Waals surface area contributed by atoms with E-state index in [-0.39, 0.29) is 6.04 Å². The Kier molecular flexibility index (Phi) is 8.35. The summed E-state index contributed by atoms with van der Waals surface area (Å²) in [5.41, 5.74) is 8.69. The molecule has 0 bridgehead atoms. The topological polar surface area (TPSA) is 29.3 Å². The third kappa shape index (κ3) is 5.63. The van der Waals surface area contributed by atoms with Crippen molar-refractivity contribution in [2.45, 2.75) is 59.4 Å². The Labute approximate surface area is 139 Å². The summed E-state index contributed by atoms with van der Waals surface area (Å²) in [5, 5.41) is 0. The Morgan fingerprint density at radius 3 is 2.24 bits per heavy atom. The van der Waals surface area contributed by atoms with Gasteiger partial charge in [0, 0.05) is 29.3 Å². The summed E-state index contributed by atoms with van der Waals surface area (Å²) >= 11 is 3.72. The van der Waals surface area contributed by atoms with E-state index in [0.717, 1.165) is 31.8 Å². The average molecular weight is 355 g/mol. The molecule has 0 aliphatic rings. The van der Waals surface area contributed by atoms with Gasteiger partial charge in [-0.1, -0.05) is 55.6 Å². The molecule has 1 aromatic carbocycles. The monoisotopic (exact) mass is 354 g/mol. The maximum Gasteiger partial charge on any atom is 0.0377 e. The zero-order valence-electron chi connectivity index (χ0n) is 14.0. The fourth-order valence-corrected chi connectivity index (χ4v) is 3.13. The zero-order valence-corrected chi connectivity index (χ0v) is 15.6. The van der Waals surface area contributed by atoms with E-state index in [1.165, 1.54) is 28.6 Å². The normalized spacial score (nSPS) is 12.7. The number of anilines is 1. The van der Waals surface area contributed by atoms with Gasteiger partial charge >= 0.3 is 0 Å². The van der Waals surface area contributed by atoms with Crippen LogP contribution in [0.1, 0.15) is 52.5 Å². The molecule has 0 aliphatic heterocycles. The van der Waals surface area contributed by atoms with Crippen LogP contribution in [0, 0.1) is 5.92 Å². The number of halogens is 1. The van der Waals surface area contributed by atoms with Crippen molar-refractivity contribution in [3.63, 3.8) is 0 Å². The van der Waals surface area contributed by atoms with Gasteiger partial charge in [0.1, 0.15) is 0 Å². The molecule has 0 saturated heterocycles. The summed E-state index contributed by atoms with van der Waals surface area (Å²) in [6.45, 7) is 11.1. The fraction of sp³-hybridized carbons (Fsp3) is 0.667. The second-order valence-electron chi connectivity index (χ2n) is 5.87. The molecule has 1 aromatic rings. The molecule has 120 valence electrons. The fourth-order valence-electron chi connectivity index (χ4n) is 2.60. The van der Waals surface area contributed by atoms with Gasteiger partial charge in [-0.15, -0.1) is 0 Å². The summed E-state index contributed by atoms with van der Waals surface area (Å²) in [6.07, 6.45) is 4.45. The summed E-state index contributed by atoms with van der Waals surface area (Å²) in [5.74, 6) is 0.775. The summed E-state index contributed by atoms with van der Waals surface area (Å²) in [6, 6.07) is 6.97. The van der Waals surface area contributed by atoms with E-state index in [1.54, 1.807) is 0 Å². The molecule has 2 N–H and O–H groups in total. The maximum atomic E-state index is 6.07. The molecule has 0 heterocycles. The molecule has 1 atom stereocenters. The maximum absolute atomic E-state index is 6.07. The highest BCUT2D eigenvalue weighted by atomic mass is 79.9. The van der Waals surface area contributed by atoms with E-state index in [1.807, 2.05) is 0 Å². The van der Waals surface area contributed by atoms with E-state index >= 15 is 0 Å². The first-order valence-electron chi connectivity index (χ1n) is 8.34. The molecule has 0 saturated carbocycles. The number of hydrogen-bond acceptors (Lipinski definition) is 2. The van der Waals surface area contributed by atoms with Crippen LogP contribution in [-0.4, -0.2) is 19.1 Å². The molecule has 0 amide bonds. The summed E-state index contributed by atoms with van der Waals surface area (Å²) in [7, 11) is 0. The summed E-state index contributed by atoms with van der Waals surface area (Å²) in [4.78, 5) is 2.48. The van der Waals surface area contributed by atoms with Gasteiger partial charge in [0.05, 0.1) is 0 Å². The SMILES string of the molecule is CCC(N)Cc1ccc(N(CC)CC(CC)CC)cc1Br. The quantitative estimate of drug-likeness (QED) is 0.676. The number of rotatable bonds is 9. The van der Waals surface area contributed by atoms with E-state index in [2.05, 4.69) is 66.7 Å². The Hall–Kier alpha value is -0.540. The van der Waals surface area contributed by atoms with E-state index in [0.29, 0.717) is 0 Å². The smallest absolute Gasteiger partial charge is 0.0377 e. The summed E-state index contributed by atoms with van der Waals surface area (Å²) < 4.78 is 1.19. The minimum absolute atomic E-state index is 0.249. The van der Waals surface area contributed by atoms with Crippen molar-refractivity contribution in [1.29, 1.82) is 0 Å². The van der Waals surface area contributed by atoms with E-state index in [4.69, 9.17) is 5.73 Å². The van der Waals surface area contributed by atoms with Gasteiger partial charge in [0.2, 0.25) is 0 Å². The van der Waals surface area contributed by atoms with Crippen molar-refractivity contribution in [1.82, 2.24) is 0 Å². The molecule has 2 nitrogen and oxygen atoms in total. The highest BCUT2D eigenvalue weighted by Gasteiger charge is 2.13. The van der Waals surface area contributed by atoms with Crippen molar-refractivity contribution in [3.8, 4) is 0 Å². The Morgan fingerprint density at radius 1 is 1.10 bits per heavy atom. The third-order valence-electron chi connectivity index (χ3n) is 4.42. The average Bonchev–Trinajstić information content (AvgIpc) is 2.50.